The molecule has 5 aliphatic rings. The summed E-state index contributed by atoms with van der Waals surface area (Å²) in [6, 6.07) is 6.11. The molecule has 10 N–H and O–H groups in total. The van der Waals surface area contributed by atoms with Gasteiger partial charge >= 0.3 is 28.4 Å². The highest BCUT2D eigenvalue weighted by molar-refractivity contribution is 9.18. The molecule has 8 unspecified atom stereocenters. The van der Waals surface area contributed by atoms with Crippen LogP contribution in [-0.2, 0) is 28.5 Å². The Balaban J connectivity index is 0.000000466. The highest BCUT2D eigenvalue weighted by atomic mass is 33.2. The molecule has 114 heavy (non-hydrogen) atoms. The molecule has 0 spiro atoms. The molecule has 0 amide bonds. The first-order valence-electron chi connectivity index (χ1n) is 33.8. The van der Waals surface area contributed by atoms with E-state index < -0.39 is 178 Å². The van der Waals surface area contributed by atoms with Crippen LogP contribution in [0.5, 0.6) is 0 Å². The van der Waals surface area contributed by atoms with Crippen LogP contribution in [0, 0.1) is 36.0 Å². The summed E-state index contributed by atoms with van der Waals surface area (Å²) >= 11 is 0. The Kier molecular flexibility index (Phi) is 42.6. The number of nitrogens with one attached hydrogen (secondary N) is 3. The number of hydrogen-bond acceptors (Lipinski definition) is 21. The molecule has 10 rings (SSSR count). The summed E-state index contributed by atoms with van der Waals surface area (Å²) in [5.74, 6) is -0.00445. The number of carbonyl (C=O) groups is 1. The van der Waals surface area contributed by atoms with Gasteiger partial charge in [-0.1, -0.05) is 103 Å². The van der Waals surface area contributed by atoms with Crippen molar-refractivity contribution in [3.05, 3.63) is 200 Å². The van der Waals surface area contributed by atoms with Crippen molar-refractivity contribution in [1.29, 1.82) is 0 Å². The SMILES string of the molecule is C.C.C.C#CC(O)[C@]1(CC)O[C@@H](n2ccc(=O)[nH]c2=O)[C@H](F)[C@@H]1C.C=C=C[C@]1(CC)O[C@@H](n2ccc(=O)[nH]c2=O)[C@H](F)[C@@H]1C.C=C=C[C@]1(CC)O[C@@H](n2ccc(N)nc2=O)[C@H](F)[C@@H]1C.C=C=C[C@]1(CO)O[C@@H](n2ccc(N)nc2=O)[C@H](F)[C@@H]1O.CC[C@@]1(C=O)O[C@@H](n2ccc(=O)[nH]c2=O)[C@H](F)[C@@H]1C.P[P-]P(P)P(P(P)P)P(P)P. The molecule has 0 aromatic carbocycles. The zero-order valence-corrected chi connectivity index (χ0v) is 72.9. The molecule has 5 fully saturated rings. The second-order valence-corrected chi connectivity index (χ2v) is 63.6. The van der Waals surface area contributed by atoms with E-state index >= 15 is 0 Å². The standard InChI is InChI=1S/C14H18FN3O2.C14H17FN2O4.C14H17FN2O3.C12H14FN3O4.C12H15FN2O4.3CH4.H12P11/c1-4-7-14(5-2)9(3)11(15)12(20-14)18-8-6-10(16)17-13(18)19;1-4-9(18)14(5-2)8(3)11(15)12(21-14)17-7-6-10(19)16-13(17)20;1-4-7-14(5-2)9(3)11(15)12(20-14)17-8-6-10(18)16-13(17)19;1-2-4-12(6-17)9(18)8(13)10(20-12)16-5-3-7(14)15-11(16)19;1-3-12(6-16)7(2)9(13)10(19-12)15-5-4-8(17)14-11(15)18;;;;1-7-10(6)11(8(2)3)9(4)5/h6-9,11-12H,1,5H2,2-3H3,(H2,16,17,19);1,6-9,11-12,18H,5H2,2-3H3,(H,16,19,20);6-9,11-12H,1,5H2,2-3H3,(H,16,18,19);3-5,8-10,17-18H,1,6H2,(H2,14,15,19);4-7,9-10H,3H2,1-2H3,(H,14,17,18);3*1H4;1-6H2/q;;;;;;;;-1/t9-,11+,12+,14-;8-,9?,11+,12+,14+;9-,11+,12+,14-;8-,9+,10-,12-;7-,9+,10+,12-;;;;/m00010..../s1. The quantitative estimate of drug-likeness (QED) is 0.0125. The predicted molar refractivity (Wildman–Crippen MR) is 465 cm³/mol. The Bertz CT molecular complexity index is 4620. The third kappa shape index (κ3) is 23.4. The lowest BCUT2D eigenvalue weighted by Gasteiger charge is -2.38. The van der Waals surface area contributed by atoms with E-state index in [4.69, 9.17) is 41.6 Å². The number of aliphatic hydroxyl groups is 3. The van der Waals surface area contributed by atoms with Crippen LogP contribution in [-0.4, -0.2) is 147 Å². The van der Waals surface area contributed by atoms with Gasteiger partial charge in [-0.2, -0.15) is 9.97 Å². The van der Waals surface area contributed by atoms with Gasteiger partial charge in [0.2, 0.25) is 0 Å². The van der Waals surface area contributed by atoms with Crippen molar-refractivity contribution in [2.75, 3.05) is 18.1 Å². The van der Waals surface area contributed by atoms with Crippen molar-refractivity contribution in [2.24, 2.45) is 23.7 Å². The van der Waals surface area contributed by atoms with Crippen LogP contribution in [0.1, 0.15) is 134 Å². The van der Waals surface area contributed by atoms with Crippen molar-refractivity contribution >= 4 is 107 Å². The van der Waals surface area contributed by atoms with Gasteiger partial charge < -0.3 is 63.2 Å². The van der Waals surface area contributed by atoms with E-state index in [-0.39, 0.29) is 68.3 Å². The molecule has 5 aromatic heterocycles. The first-order valence-corrected chi connectivity index (χ1v) is 52.5. The molecule has 45 heteroatoms. The average molecular weight is 1810 g/mol. The lowest BCUT2D eigenvalue weighted by atomic mass is 9.81. The first-order chi connectivity index (χ1) is 52.2. The zero-order valence-electron chi connectivity index (χ0n) is 61.5. The summed E-state index contributed by atoms with van der Waals surface area (Å²) in [5.41, 5.74) is 7.20. The van der Waals surface area contributed by atoms with Gasteiger partial charge in [0.05, 0.1) is 6.61 Å². The maximum absolute atomic E-state index is 14.6. The molecule has 10 heterocycles. The molecule has 28 atom stereocenters. The van der Waals surface area contributed by atoms with E-state index in [1.54, 1.807) is 53.7 Å². The highest BCUT2D eigenvalue weighted by Crippen LogP contribution is 3.12. The van der Waals surface area contributed by atoms with Crippen LogP contribution >= 0.6 is 89.5 Å². The summed E-state index contributed by atoms with van der Waals surface area (Å²) in [6.07, 6.45) is 1.43. The van der Waals surface area contributed by atoms with Crippen molar-refractivity contribution < 1.29 is 65.8 Å². The summed E-state index contributed by atoms with van der Waals surface area (Å²) in [7, 11) is 19.3. The van der Waals surface area contributed by atoms with E-state index in [0.717, 1.165) is 47.1 Å². The lowest BCUT2D eigenvalue weighted by Crippen LogP contribution is -2.46. The molecule has 0 radical (unpaired) electrons. The number of aliphatic hydroxyl groups excluding tert-OH is 3. The molecule has 5 saturated heterocycles. The summed E-state index contributed by atoms with van der Waals surface area (Å²) in [4.78, 5) is 116. The number of nitrogens with zero attached hydrogens (tertiary/aromatic N) is 7. The maximum Gasteiger partial charge on any atom is 0.351 e. The molecule has 29 nitrogen and oxygen atoms in total. The van der Waals surface area contributed by atoms with Crippen LogP contribution in [0.15, 0.2) is 155 Å². The van der Waals surface area contributed by atoms with Crippen LogP contribution in [0.4, 0.5) is 33.6 Å². The lowest BCUT2D eigenvalue weighted by molar-refractivity contribution is -0.139. The topological polar surface area (TPSA) is 410 Å². The Hall–Kier alpha value is -4.75. The third-order valence-corrected chi connectivity index (χ3v) is 76.7. The molecule has 0 bridgehead atoms. The minimum absolute atomic E-state index is 0. The van der Waals surface area contributed by atoms with Gasteiger partial charge in [0.25, 0.3) is 16.7 Å². The number of carbonyl (C=O) groups excluding carboxylic acids is 1. The fourth-order valence-electron chi connectivity index (χ4n) is 12.8. The van der Waals surface area contributed by atoms with E-state index in [0.29, 0.717) is 25.5 Å². The van der Waals surface area contributed by atoms with E-state index in [1.807, 2.05) is 23.8 Å². The van der Waals surface area contributed by atoms with Crippen LogP contribution in [0.3, 0.4) is 0 Å². The predicted octanol–water partition coefficient (Wildman–Crippen LogP) is 11.2. The van der Waals surface area contributed by atoms with Crippen molar-refractivity contribution in [2.45, 2.75) is 206 Å². The van der Waals surface area contributed by atoms with Crippen LogP contribution in [0.25, 0.3) is 0 Å². The number of H-pyrrole nitrogens is 3. The second-order valence-electron chi connectivity index (χ2n) is 25.5. The monoisotopic (exact) mass is 1810 g/mol. The summed E-state index contributed by atoms with van der Waals surface area (Å²) < 4.78 is 105. The fourth-order valence-corrected chi connectivity index (χ4v) is 104. The highest BCUT2D eigenvalue weighted by Gasteiger charge is 2.59. The zero-order chi connectivity index (χ0) is 83.7. The minimum atomic E-state index is -1.94. The van der Waals surface area contributed by atoms with E-state index in [9.17, 15) is 80.4 Å². The van der Waals surface area contributed by atoms with Gasteiger partial charge in [0, 0.05) is 72.9 Å². The number of rotatable bonds is 19. The number of anilines is 2. The van der Waals surface area contributed by atoms with Gasteiger partial charge in [-0.25, -0.2) is 52.9 Å². The Morgan fingerprint density at radius 1 is 0.553 bits per heavy atom. The molecule has 5 aromatic rings. The number of aromatic nitrogens is 10. The molecule has 0 saturated carbocycles. The van der Waals surface area contributed by atoms with E-state index in [2.05, 4.69) is 111 Å². The van der Waals surface area contributed by atoms with Crippen molar-refractivity contribution in [1.82, 2.24) is 47.8 Å². The Morgan fingerprint density at radius 2 is 0.860 bits per heavy atom. The van der Waals surface area contributed by atoms with E-state index in [1.165, 1.54) is 51.1 Å². The largest absolute Gasteiger partial charge is 0.472 e. The number of halogens is 5. The number of hydrogen-bond donors (Lipinski definition) is 8. The summed E-state index contributed by atoms with van der Waals surface area (Å²) in [6.45, 7) is 24.1. The third-order valence-electron chi connectivity index (χ3n) is 19.5. The minimum Gasteiger partial charge on any atom is -0.472 e. The normalized spacial score (nSPS) is 30.8. The number of nitrogens with two attached hydrogens (primary N) is 2. The second kappa shape index (κ2) is 46.2. The van der Waals surface area contributed by atoms with Gasteiger partial charge in [-0.05, 0) is 77.0 Å². The Morgan fingerprint density at radius 3 is 1.14 bits per heavy atom. The average Bonchev–Trinajstić information content (AvgIpc) is 1.61. The number of ether oxygens (including phenoxy) is 5. The van der Waals surface area contributed by atoms with Crippen LogP contribution in [0.2, 0.25) is 0 Å². The van der Waals surface area contributed by atoms with Gasteiger partial charge in [-0.3, -0.25) is 61.1 Å². The van der Waals surface area contributed by atoms with Crippen molar-refractivity contribution in [3.63, 3.8) is 0 Å². The van der Waals surface area contributed by atoms with Gasteiger partial charge in [-0.15, -0.1) is 68.3 Å². The Labute approximate surface area is 676 Å². The number of aldehydes is 1. The number of aromatic amines is 3. The smallest absolute Gasteiger partial charge is 0.351 e. The summed E-state index contributed by atoms with van der Waals surface area (Å²) in [5, 5.41) is 29.2. The fraction of sp³-hybridized carbons (Fsp3) is 0.536. The number of nitrogen functional groups attached to an aromatic ring is 2. The van der Waals surface area contributed by atoms with Gasteiger partial charge in [0.15, 0.2) is 68.3 Å². The maximum atomic E-state index is 14.6. The van der Waals surface area contributed by atoms with Gasteiger partial charge in [0.1, 0.15) is 51.8 Å². The molecular weight excluding hydrogens is 1700 g/mol. The molecular formula is C69H105F5N12O17P11-. The molecule has 5 aliphatic heterocycles. The van der Waals surface area contributed by atoms with Crippen LogP contribution < -0.4 is 56.6 Å². The number of alkyl halides is 5. The number of terminal acetylenes is 1. The first kappa shape index (κ1) is 105. The molecule has 634 valence electrons. The van der Waals surface area contributed by atoms with Crippen molar-refractivity contribution in [3.8, 4) is 12.3 Å². The molecule has 0 aliphatic carbocycles.